The molecule has 5 heteroatoms. The molecule has 5 nitrogen and oxygen atoms in total. The van der Waals surface area contributed by atoms with Gasteiger partial charge < -0.3 is 10.2 Å². The van der Waals surface area contributed by atoms with Crippen molar-refractivity contribution in [2.45, 2.75) is 6.42 Å². The molecule has 0 aliphatic rings. The number of hydrogen-bond acceptors (Lipinski definition) is 5. The minimum atomic E-state index is 0.329. The molecule has 0 bridgehead atoms. The Labute approximate surface area is 118 Å². The molecule has 0 unspecified atom stereocenters. The molecule has 2 aromatic rings. The van der Waals surface area contributed by atoms with Crippen molar-refractivity contribution in [3.8, 4) is 6.07 Å². The van der Waals surface area contributed by atoms with Gasteiger partial charge in [-0.05, 0) is 24.1 Å². The lowest BCUT2D eigenvalue weighted by Crippen LogP contribution is -2.10. The zero-order valence-electron chi connectivity index (χ0n) is 11.7. The number of nitriles is 1. The first kappa shape index (κ1) is 13.8. The van der Waals surface area contributed by atoms with Crippen LogP contribution in [0.5, 0.6) is 0 Å². The highest BCUT2D eigenvalue weighted by atomic mass is 15.1. The zero-order valence-corrected chi connectivity index (χ0v) is 11.7. The summed E-state index contributed by atoms with van der Waals surface area (Å²) in [4.78, 5) is 10.1. The van der Waals surface area contributed by atoms with Gasteiger partial charge in [-0.15, -0.1) is 0 Å². The van der Waals surface area contributed by atoms with Gasteiger partial charge in [-0.3, -0.25) is 0 Å². The number of nitrogens with zero attached hydrogens (tertiary/aromatic N) is 4. The Morgan fingerprint density at radius 3 is 2.50 bits per heavy atom. The average molecular weight is 267 g/mol. The van der Waals surface area contributed by atoms with Gasteiger partial charge in [0.2, 0.25) is 0 Å². The van der Waals surface area contributed by atoms with Crippen LogP contribution in [-0.4, -0.2) is 30.6 Å². The Hall–Kier alpha value is -2.61. The van der Waals surface area contributed by atoms with Gasteiger partial charge in [-0.25, -0.2) is 9.97 Å². The van der Waals surface area contributed by atoms with Gasteiger partial charge in [0.05, 0.1) is 0 Å². The van der Waals surface area contributed by atoms with Crippen LogP contribution in [0.15, 0.2) is 36.7 Å². The SMILES string of the molecule is CN(C)c1ccc(CCNc2nccnc2C#N)cc1. The molecule has 0 spiro atoms. The van der Waals surface area contributed by atoms with Crippen LogP contribution in [0, 0.1) is 11.3 Å². The summed E-state index contributed by atoms with van der Waals surface area (Å²) in [5.41, 5.74) is 2.75. The fraction of sp³-hybridized carbons (Fsp3) is 0.267. The maximum absolute atomic E-state index is 8.92. The second-order valence-corrected chi connectivity index (χ2v) is 4.60. The summed E-state index contributed by atoms with van der Waals surface area (Å²) in [5.74, 6) is 0.542. The third-order valence-corrected chi connectivity index (χ3v) is 2.96. The van der Waals surface area contributed by atoms with E-state index < -0.39 is 0 Å². The highest BCUT2D eigenvalue weighted by molar-refractivity contribution is 5.48. The van der Waals surface area contributed by atoms with Crippen LogP contribution in [0.4, 0.5) is 11.5 Å². The van der Waals surface area contributed by atoms with E-state index in [0.29, 0.717) is 18.1 Å². The second kappa shape index (κ2) is 6.53. The van der Waals surface area contributed by atoms with E-state index in [-0.39, 0.29) is 0 Å². The summed E-state index contributed by atoms with van der Waals surface area (Å²) in [6, 6.07) is 10.4. The van der Waals surface area contributed by atoms with E-state index in [0.717, 1.165) is 6.42 Å². The number of hydrogen-bond donors (Lipinski definition) is 1. The Morgan fingerprint density at radius 1 is 1.15 bits per heavy atom. The van der Waals surface area contributed by atoms with Crippen LogP contribution < -0.4 is 10.2 Å². The minimum absolute atomic E-state index is 0.329. The van der Waals surface area contributed by atoms with Crippen LogP contribution in [-0.2, 0) is 6.42 Å². The molecule has 1 aromatic carbocycles. The van der Waals surface area contributed by atoms with Crippen molar-refractivity contribution in [1.82, 2.24) is 9.97 Å². The maximum Gasteiger partial charge on any atom is 0.182 e. The predicted octanol–water partition coefficient (Wildman–Crippen LogP) is 2.07. The molecule has 20 heavy (non-hydrogen) atoms. The Morgan fingerprint density at radius 2 is 1.85 bits per heavy atom. The van der Waals surface area contributed by atoms with Crippen molar-refractivity contribution in [2.75, 3.05) is 30.9 Å². The van der Waals surface area contributed by atoms with Crippen molar-refractivity contribution < 1.29 is 0 Å². The van der Waals surface area contributed by atoms with E-state index in [1.165, 1.54) is 17.4 Å². The monoisotopic (exact) mass is 267 g/mol. The Kier molecular flexibility index (Phi) is 4.51. The van der Waals surface area contributed by atoms with Crippen molar-refractivity contribution in [3.63, 3.8) is 0 Å². The molecule has 1 aromatic heterocycles. The van der Waals surface area contributed by atoms with Crippen LogP contribution >= 0.6 is 0 Å². The Balaban J connectivity index is 1.91. The third-order valence-electron chi connectivity index (χ3n) is 2.96. The summed E-state index contributed by atoms with van der Waals surface area (Å²) < 4.78 is 0. The minimum Gasteiger partial charge on any atom is -0.378 e. The fourth-order valence-corrected chi connectivity index (χ4v) is 1.84. The molecule has 1 heterocycles. The van der Waals surface area contributed by atoms with Gasteiger partial charge in [0.25, 0.3) is 0 Å². The molecule has 1 N–H and O–H groups in total. The molecular formula is C15H17N5. The molecule has 2 rings (SSSR count). The van der Waals surface area contributed by atoms with E-state index in [4.69, 9.17) is 5.26 Å². The maximum atomic E-state index is 8.92. The largest absolute Gasteiger partial charge is 0.378 e. The van der Waals surface area contributed by atoms with Crippen molar-refractivity contribution in [3.05, 3.63) is 47.9 Å². The zero-order chi connectivity index (χ0) is 14.4. The van der Waals surface area contributed by atoms with Crippen LogP contribution in [0.3, 0.4) is 0 Å². The third kappa shape index (κ3) is 3.45. The van der Waals surface area contributed by atoms with Gasteiger partial charge >= 0.3 is 0 Å². The standard InChI is InChI=1S/C15H17N5/c1-20(2)13-5-3-12(4-6-13)7-8-18-15-14(11-16)17-9-10-19-15/h3-6,9-10H,7-8H2,1-2H3,(H,18,19). The van der Waals surface area contributed by atoms with Gasteiger partial charge in [0.1, 0.15) is 6.07 Å². The molecule has 0 aliphatic carbocycles. The average Bonchev–Trinajstić information content (AvgIpc) is 2.48. The lowest BCUT2D eigenvalue weighted by atomic mass is 10.1. The van der Waals surface area contributed by atoms with E-state index in [9.17, 15) is 0 Å². The summed E-state index contributed by atoms with van der Waals surface area (Å²) in [7, 11) is 4.04. The van der Waals surface area contributed by atoms with E-state index in [1.54, 1.807) is 6.20 Å². The van der Waals surface area contributed by atoms with Crippen LogP contribution in [0.2, 0.25) is 0 Å². The normalized spacial score (nSPS) is 9.85. The fourth-order valence-electron chi connectivity index (χ4n) is 1.84. The molecule has 0 atom stereocenters. The van der Waals surface area contributed by atoms with Gasteiger partial charge in [0.15, 0.2) is 11.5 Å². The number of anilines is 2. The molecular weight excluding hydrogens is 250 g/mol. The van der Waals surface area contributed by atoms with E-state index in [2.05, 4.69) is 44.5 Å². The lowest BCUT2D eigenvalue weighted by Gasteiger charge is -2.12. The van der Waals surface area contributed by atoms with Gasteiger partial charge in [0, 0.05) is 38.7 Å². The first-order valence-corrected chi connectivity index (χ1v) is 6.42. The smallest absolute Gasteiger partial charge is 0.182 e. The van der Waals surface area contributed by atoms with Crippen molar-refractivity contribution >= 4 is 11.5 Å². The quantitative estimate of drug-likeness (QED) is 0.898. The molecule has 0 saturated heterocycles. The Bertz CT molecular complexity index is 598. The van der Waals surface area contributed by atoms with E-state index in [1.807, 2.05) is 20.2 Å². The number of nitrogens with one attached hydrogen (secondary N) is 1. The first-order chi connectivity index (χ1) is 9.70. The molecule has 102 valence electrons. The van der Waals surface area contributed by atoms with Gasteiger partial charge in [-0.2, -0.15) is 5.26 Å². The molecule has 0 amide bonds. The molecule has 0 aliphatic heterocycles. The first-order valence-electron chi connectivity index (χ1n) is 6.42. The number of aromatic nitrogens is 2. The predicted molar refractivity (Wildman–Crippen MR) is 79.7 cm³/mol. The number of benzene rings is 1. The molecule has 0 radical (unpaired) electrons. The summed E-state index contributed by atoms with van der Waals surface area (Å²) in [6.45, 7) is 0.717. The van der Waals surface area contributed by atoms with Crippen LogP contribution in [0.25, 0.3) is 0 Å². The highest BCUT2D eigenvalue weighted by Gasteiger charge is 2.03. The molecule has 0 saturated carbocycles. The summed E-state index contributed by atoms with van der Waals surface area (Å²) in [6.07, 6.45) is 3.97. The summed E-state index contributed by atoms with van der Waals surface area (Å²) in [5, 5.41) is 12.1. The topological polar surface area (TPSA) is 64.8 Å². The lowest BCUT2D eigenvalue weighted by molar-refractivity contribution is 0.993. The summed E-state index contributed by atoms with van der Waals surface area (Å²) >= 11 is 0. The highest BCUT2D eigenvalue weighted by Crippen LogP contribution is 2.13. The van der Waals surface area contributed by atoms with Crippen molar-refractivity contribution in [2.24, 2.45) is 0 Å². The van der Waals surface area contributed by atoms with E-state index >= 15 is 0 Å². The van der Waals surface area contributed by atoms with Crippen molar-refractivity contribution in [1.29, 1.82) is 5.26 Å². The van der Waals surface area contributed by atoms with Gasteiger partial charge in [-0.1, -0.05) is 12.1 Å². The second-order valence-electron chi connectivity index (χ2n) is 4.60. The number of rotatable bonds is 5. The molecule has 0 fully saturated rings. The van der Waals surface area contributed by atoms with Crippen LogP contribution in [0.1, 0.15) is 11.3 Å².